The predicted molar refractivity (Wildman–Crippen MR) is 116 cm³/mol. The van der Waals surface area contributed by atoms with Crippen LogP contribution in [0.2, 0.25) is 5.02 Å². The Morgan fingerprint density at radius 2 is 1.70 bits per heavy atom. The third-order valence-electron chi connectivity index (χ3n) is 4.50. The molecule has 0 aliphatic carbocycles. The van der Waals surface area contributed by atoms with Gasteiger partial charge in [-0.3, -0.25) is 0 Å². The van der Waals surface area contributed by atoms with Crippen molar-refractivity contribution in [2.45, 2.75) is 4.90 Å². The van der Waals surface area contributed by atoms with Gasteiger partial charge in [0.1, 0.15) is 10.7 Å². The maximum Gasteiger partial charge on any atom is 0.335 e. The fraction of sp³-hybridized carbons (Fsp3) is 0. The lowest BCUT2D eigenvalue weighted by atomic mass is 10.1. The number of H-pyrrole nitrogens is 1. The highest BCUT2D eigenvalue weighted by molar-refractivity contribution is 8.00. The first-order valence-electron chi connectivity index (χ1n) is 8.86. The molecule has 30 heavy (non-hydrogen) atoms. The topological polar surface area (TPSA) is 100 Å². The average molecular weight is 439 g/mol. The van der Waals surface area contributed by atoms with E-state index in [1.54, 1.807) is 30.3 Å². The van der Waals surface area contributed by atoms with Crippen LogP contribution in [0.3, 0.4) is 0 Å². The second-order valence-corrected chi connectivity index (χ2v) is 8.79. The number of aromatic amines is 1. The summed E-state index contributed by atoms with van der Waals surface area (Å²) in [4.78, 5) is 18.7. The van der Waals surface area contributed by atoms with Gasteiger partial charge in [0.2, 0.25) is 9.84 Å². The largest absolute Gasteiger partial charge is 0.478 e. The second kappa shape index (κ2) is 7.78. The van der Waals surface area contributed by atoms with Crippen molar-refractivity contribution in [1.29, 1.82) is 0 Å². The number of hydrogen-bond acceptors (Lipinski definition) is 4. The van der Waals surface area contributed by atoms with E-state index in [2.05, 4.69) is 9.97 Å². The molecule has 3 aromatic carbocycles. The van der Waals surface area contributed by atoms with E-state index < -0.39 is 15.8 Å². The molecule has 0 bridgehead atoms. The number of carbonyl (C=O) groups is 1. The second-order valence-electron chi connectivity index (χ2n) is 6.47. The number of carboxylic acid groups (broad SMARTS) is 1. The molecule has 0 radical (unpaired) electrons. The summed E-state index contributed by atoms with van der Waals surface area (Å²) in [5, 5.41) is 9.25. The van der Waals surface area contributed by atoms with Crippen molar-refractivity contribution in [1.82, 2.24) is 9.97 Å². The van der Waals surface area contributed by atoms with Crippen molar-refractivity contribution < 1.29 is 18.3 Å². The molecule has 1 heterocycles. The van der Waals surface area contributed by atoms with Crippen LogP contribution in [0.1, 0.15) is 21.7 Å². The van der Waals surface area contributed by atoms with Crippen molar-refractivity contribution in [2.75, 3.05) is 0 Å². The molecule has 4 aromatic rings. The quantitative estimate of drug-likeness (QED) is 0.462. The number of aromatic carboxylic acids is 1. The van der Waals surface area contributed by atoms with Gasteiger partial charge in [-0.1, -0.05) is 48.0 Å². The van der Waals surface area contributed by atoms with Gasteiger partial charge in [-0.25, -0.2) is 18.2 Å². The minimum absolute atomic E-state index is 0.00773. The molecule has 0 unspecified atom stereocenters. The third-order valence-corrected chi connectivity index (χ3v) is 6.61. The Bertz CT molecular complexity index is 1360. The van der Waals surface area contributed by atoms with E-state index in [9.17, 15) is 13.2 Å². The standard InChI is InChI=1S/C22H15ClN2O4S/c23-17-12-15(22(26)27)11-10-14(17)13-20(30(28,29)16-6-2-1-3-7-16)21-24-18-8-4-5-9-19(18)25-21/h1-13H,(H,24,25)(H,26,27)/b20-13-. The first-order chi connectivity index (χ1) is 14.4. The lowest BCUT2D eigenvalue weighted by molar-refractivity contribution is 0.0697. The number of nitrogens with zero attached hydrogens (tertiary/aromatic N) is 1. The Balaban J connectivity index is 1.94. The zero-order valence-corrected chi connectivity index (χ0v) is 17.0. The summed E-state index contributed by atoms with van der Waals surface area (Å²) in [7, 11) is -3.95. The molecule has 150 valence electrons. The molecule has 0 fully saturated rings. The van der Waals surface area contributed by atoms with Crippen molar-refractivity contribution in [3.8, 4) is 0 Å². The fourth-order valence-electron chi connectivity index (χ4n) is 2.99. The fourth-order valence-corrected chi connectivity index (χ4v) is 4.63. The molecule has 4 rings (SSSR count). The number of nitrogens with one attached hydrogen (secondary N) is 1. The molecule has 8 heteroatoms. The summed E-state index contributed by atoms with van der Waals surface area (Å²) in [6.45, 7) is 0. The number of aromatic nitrogens is 2. The van der Waals surface area contributed by atoms with Crippen molar-refractivity contribution in [3.63, 3.8) is 0 Å². The maximum absolute atomic E-state index is 13.4. The van der Waals surface area contributed by atoms with Crippen LogP contribution in [0, 0.1) is 0 Å². The van der Waals surface area contributed by atoms with E-state index in [0.29, 0.717) is 16.6 Å². The number of benzene rings is 3. The zero-order chi connectivity index (χ0) is 21.3. The SMILES string of the molecule is O=C(O)c1ccc(/C=C(/c2nc3ccccc3[nH]2)S(=O)(=O)c2ccccc2)c(Cl)c1. The van der Waals surface area contributed by atoms with Crippen LogP contribution in [0.5, 0.6) is 0 Å². The normalized spacial score (nSPS) is 12.2. The summed E-state index contributed by atoms with van der Waals surface area (Å²) in [5.41, 5.74) is 1.67. The van der Waals surface area contributed by atoms with Gasteiger partial charge in [0, 0.05) is 5.02 Å². The lowest BCUT2D eigenvalue weighted by Gasteiger charge is -2.09. The van der Waals surface area contributed by atoms with Gasteiger partial charge in [-0.2, -0.15) is 0 Å². The summed E-state index contributed by atoms with van der Waals surface area (Å²) < 4.78 is 26.9. The maximum atomic E-state index is 13.4. The number of rotatable bonds is 5. The summed E-state index contributed by atoms with van der Waals surface area (Å²) >= 11 is 6.25. The van der Waals surface area contributed by atoms with Crippen LogP contribution in [-0.4, -0.2) is 29.5 Å². The van der Waals surface area contributed by atoms with E-state index in [0.717, 1.165) is 0 Å². The van der Waals surface area contributed by atoms with Gasteiger partial charge in [0.05, 0.1) is 21.5 Å². The number of carboxylic acids is 1. The smallest absolute Gasteiger partial charge is 0.335 e. The van der Waals surface area contributed by atoms with Crippen LogP contribution in [-0.2, 0) is 9.84 Å². The third kappa shape index (κ3) is 3.72. The van der Waals surface area contributed by atoms with Gasteiger partial charge >= 0.3 is 5.97 Å². The molecule has 0 atom stereocenters. The Hall–Kier alpha value is -3.42. The van der Waals surface area contributed by atoms with Gasteiger partial charge < -0.3 is 10.1 Å². The number of para-hydroxylation sites is 2. The first-order valence-corrected chi connectivity index (χ1v) is 10.7. The van der Waals surface area contributed by atoms with Crippen LogP contribution in [0.4, 0.5) is 0 Å². The molecule has 6 nitrogen and oxygen atoms in total. The van der Waals surface area contributed by atoms with E-state index in [1.807, 2.05) is 12.1 Å². The molecule has 0 spiro atoms. The summed E-state index contributed by atoms with van der Waals surface area (Å²) in [6.07, 6.45) is 1.40. The highest BCUT2D eigenvalue weighted by atomic mass is 35.5. The molecular weight excluding hydrogens is 424 g/mol. The van der Waals surface area contributed by atoms with Crippen molar-refractivity contribution in [2.24, 2.45) is 0 Å². The van der Waals surface area contributed by atoms with Gasteiger partial charge in [0.15, 0.2) is 0 Å². The van der Waals surface area contributed by atoms with Crippen LogP contribution < -0.4 is 0 Å². The molecule has 0 aliphatic rings. The van der Waals surface area contributed by atoms with E-state index in [1.165, 1.54) is 36.4 Å². The molecule has 2 N–H and O–H groups in total. The van der Waals surface area contributed by atoms with E-state index >= 15 is 0 Å². The monoisotopic (exact) mass is 438 g/mol. The minimum atomic E-state index is -3.95. The Kier molecular flexibility index (Phi) is 5.15. The molecule has 0 saturated heterocycles. The van der Waals surface area contributed by atoms with E-state index in [4.69, 9.17) is 16.7 Å². The number of sulfone groups is 1. The molecule has 0 saturated carbocycles. The number of imidazole rings is 1. The molecule has 1 aromatic heterocycles. The Labute approximate surface area is 177 Å². The Morgan fingerprint density at radius 1 is 1.00 bits per heavy atom. The molecular formula is C22H15ClN2O4S. The molecule has 0 aliphatic heterocycles. The van der Waals surface area contributed by atoms with Gasteiger partial charge in [-0.15, -0.1) is 0 Å². The summed E-state index contributed by atoms with van der Waals surface area (Å²) in [6, 6.07) is 19.3. The first kappa shape index (κ1) is 19.9. The number of hydrogen-bond donors (Lipinski definition) is 2. The highest BCUT2D eigenvalue weighted by Gasteiger charge is 2.25. The van der Waals surface area contributed by atoms with Crippen LogP contribution in [0.25, 0.3) is 22.0 Å². The van der Waals surface area contributed by atoms with Gasteiger partial charge in [-0.05, 0) is 48.0 Å². The summed E-state index contributed by atoms with van der Waals surface area (Å²) in [5.74, 6) is -0.958. The Morgan fingerprint density at radius 3 is 2.37 bits per heavy atom. The zero-order valence-electron chi connectivity index (χ0n) is 15.4. The van der Waals surface area contributed by atoms with Crippen LogP contribution in [0.15, 0.2) is 77.7 Å². The molecule has 0 amide bonds. The van der Waals surface area contributed by atoms with E-state index in [-0.39, 0.29) is 26.2 Å². The number of halogens is 1. The highest BCUT2D eigenvalue weighted by Crippen LogP contribution is 2.31. The number of fused-ring (bicyclic) bond motifs is 1. The van der Waals surface area contributed by atoms with Crippen molar-refractivity contribution >= 4 is 49.4 Å². The minimum Gasteiger partial charge on any atom is -0.478 e. The lowest BCUT2D eigenvalue weighted by Crippen LogP contribution is -2.06. The van der Waals surface area contributed by atoms with Crippen molar-refractivity contribution in [3.05, 3.63) is 94.8 Å². The predicted octanol–water partition coefficient (Wildman–Crippen LogP) is 4.89. The average Bonchev–Trinajstić information content (AvgIpc) is 3.16. The van der Waals surface area contributed by atoms with Crippen LogP contribution >= 0.6 is 11.6 Å². The van der Waals surface area contributed by atoms with Gasteiger partial charge in [0.25, 0.3) is 0 Å².